The zero-order valence-electron chi connectivity index (χ0n) is 11.8. The summed E-state index contributed by atoms with van der Waals surface area (Å²) in [5.74, 6) is 6.18. The minimum Gasteiger partial charge on any atom is -0.360 e. The van der Waals surface area contributed by atoms with Gasteiger partial charge in [-0.25, -0.2) is 20.2 Å². The van der Waals surface area contributed by atoms with Gasteiger partial charge in [0.1, 0.15) is 23.0 Å². The summed E-state index contributed by atoms with van der Waals surface area (Å²) >= 11 is 0. The average Bonchev–Trinajstić information content (AvgIpc) is 3.17. The van der Waals surface area contributed by atoms with E-state index in [0.717, 1.165) is 11.3 Å². The van der Waals surface area contributed by atoms with Crippen LogP contribution in [0.5, 0.6) is 0 Å². The predicted octanol–water partition coefficient (Wildman–Crippen LogP) is 2.50. The molecular formula is C15H11FN6O. The Bertz CT molecular complexity index is 958. The van der Waals surface area contributed by atoms with Gasteiger partial charge in [-0.2, -0.15) is 0 Å². The maximum Gasteiger partial charge on any atom is 0.208 e. The Hall–Kier alpha value is -3.26. The molecule has 0 aliphatic carbocycles. The van der Waals surface area contributed by atoms with Crippen LogP contribution >= 0.6 is 0 Å². The molecule has 0 fully saturated rings. The van der Waals surface area contributed by atoms with Crippen LogP contribution in [0.3, 0.4) is 0 Å². The minimum atomic E-state index is -0.313. The van der Waals surface area contributed by atoms with Gasteiger partial charge in [0.25, 0.3) is 0 Å². The van der Waals surface area contributed by atoms with Gasteiger partial charge in [0, 0.05) is 17.4 Å². The highest BCUT2D eigenvalue weighted by atomic mass is 19.1. The molecule has 3 heterocycles. The van der Waals surface area contributed by atoms with Gasteiger partial charge < -0.3 is 9.95 Å². The van der Waals surface area contributed by atoms with Crippen LogP contribution in [0.2, 0.25) is 0 Å². The second kappa shape index (κ2) is 5.18. The Labute approximate surface area is 129 Å². The normalized spacial score (nSPS) is 11.0. The highest BCUT2D eigenvalue weighted by molar-refractivity contribution is 5.79. The molecule has 3 aromatic heterocycles. The molecule has 0 unspecified atom stereocenters. The monoisotopic (exact) mass is 310 g/mol. The minimum absolute atomic E-state index is 0.313. The van der Waals surface area contributed by atoms with Gasteiger partial charge in [-0.3, -0.25) is 4.57 Å². The Morgan fingerprint density at radius 1 is 1.13 bits per heavy atom. The molecule has 0 atom stereocenters. The second-order valence-electron chi connectivity index (χ2n) is 4.85. The van der Waals surface area contributed by atoms with Crippen molar-refractivity contribution in [3.63, 3.8) is 0 Å². The Kier molecular flexibility index (Phi) is 3.02. The largest absolute Gasteiger partial charge is 0.360 e. The first-order valence-electron chi connectivity index (χ1n) is 6.78. The van der Waals surface area contributed by atoms with Crippen LogP contribution in [0.25, 0.3) is 28.2 Å². The van der Waals surface area contributed by atoms with Crippen molar-refractivity contribution in [1.29, 1.82) is 0 Å². The van der Waals surface area contributed by atoms with Crippen molar-refractivity contribution in [3.05, 3.63) is 54.7 Å². The number of hydrazine groups is 1. The van der Waals surface area contributed by atoms with Crippen LogP contribution in [-0.2, 0) is 0 Å². The molecule has 0 aliphatic heterocycles. The van der Waals surface area contributed by atoms with Crippen LogP contribution in [0, 0.1) is 5.82 Å². The van der Waals surface area contributed by atoms with Crippen molar-refractivity contribution in [2.24, 2.45) is 5.84 Å². The number of aromatic nitrogens is 4. The lowest BCUT2D eigenvalue weighted by Gasteiger charge is -2.08. The van der Waals surface area contributed by atoms with Crippen molar-refractivity contribution >= 4 is 17.0 Å². The number of nitrogen functional groups attached to an aromatic ring is 1. The Morgan fingerprint density at radius 3 is 2.65 bits per heavy atom. The molecule has 4 aromatic rings. The van der Waals surface area contributed by atoms with Crippen LogP contribution in [0.4, 0.5) is 10.2 Å². The van der Waals surface area contributed by atoms with Gasteiger partial charge in [0.05, 0.1) is 0 Å². The number of nitrogens with two attached hydrogens (primary N) is 1. The van der Waals surface area contributed by atoms with Gasteiger partial charge in [0.2, 0.25) is 5.65 Å². The number of nitrogens with zero attached hydrogens (tertiary/aromatic N) is 4. The number of halogens is 1. The first kappa shape index (κ1) is 13.4. The van der Waals surface area contributed by atoms with Gasteiger partial charge in [-0.1, -0.05) is 5.16 Å². The maximum atomic E-state index is 13.2. The molecule has 0 radical (unpaired) electrons. The first-order valence-corrected chi connectivity index (χ1v) is 6.78. The molecule has 0 spiro atoms. The summed E-state index contributed by atoms with van der Waals surface area (Å²) < 4.78 is 20.0. The third-order valence-corrected chi connectivity index (χ3v) is 3.44. The summed E-state index contributed by atoms with van der Waals surface area (Å²) in [6, 6.07) is 9.63. The van der Waals surface area contributed by atoms with E-state index in [2.05, 4.69) is 20.6 Å². The van der Waals surface area contributed by atoms with Gasteiger partial charge in [-0.05, 0) is 36.4 Å². The molecule has 0 saturated carbocycles. The van der Waals surface area contributed by atoms with E-state index in [9.17, 15) is 4.39 Å². The van der Waals surface area contributed by atoms with Crippen LogP contribution in [-0.4, -0.2) is 19.7 Å². The first-order chi connectivity index (χ1) is 11.3. The van der Waals surface area contributed by atoms with Gasteiger partial charge in [-0.15, -0.1) is 0 Å². The SMILES string of the molecule is NNc1ccc(-c2nc3conc3n2-c2ccc(F)cc2)cn1. The summed E-state index contributed by atoms with van der Waals surface area (Å²) in [7, 11) is 0. The standard InChI is InChI=1S/C15H11FN6O/c16-10-2-4-11(5-3-10)22-14(19-12-8-23-21-15(12)22)9-1-6-13(20-17)18-7-9/h1-8H,17H2,(H,18,20). The van der Waals surface area contributed by atoms with Crippen molar-refractivity contribution < 1.29 is 8.91 Å². The quantitative estimate of drug-likeness (QED) is 0.446. The fourth-order valence-corrected chi connectivity index (χ4v) is 2.36. The van der Waals surface area contributed by atoms with E-state index < -0.39 is 0 Å². The highest BCUT2D eigenvalue weighted by Crippen LogP contribution is 2.28. The number of hydrogen-bond acceptors (Lipinski definition) is 6. The van der Waals surface area contributed by atoms with Crippen molar-refractivity contribution in [2.75, 3.05) is 5.43 Å². The summed E-state index contributed by atoms with van der Waals surface area (Å²) in [5.41, 5.74) is 5.11. The zero-order valence-corrected chi connectivity index (χ0v) is 11.8. The molecule has 8 heteroatoms. The number of nitrogens with one attached hydrogen (secondary N) is 1. The van der Waals surface area contributed by atoms with Crippen LogP contribution in [0.15, 0.2) is 53.4 Å². The predicted molar refractivity (Wildman–Crippen MR) is 82.1 cm³/mol. The Morgan fingerprint density at radius 2 is 1.96 bits per heavy atom. The van der Waals surface area contributed by atoms with Gasteiger partial charge >= 0.3 is 0 Å². The lowest BCUT2D eigenvalue weighted by Crippen LogP contribution is -2.08. The fourth-order valence-electron chi connectivity index (χ4n) is 2.36. The van der Waals surface area contributed by atoms with E-state index in [1.165, 1.54) is 18.4 Å². The van der Waals surface area contributed by atoms with E-state index in [1.807, 2.05) is 6.07 Å². The molecule has 0 amide bonds. The zero-order chi connectivity index (χ0) is 15.8. The molecule has 0 aliphatic rings. The Balaban J connectivity index is 1.93. The molecule has 7 nitrogen and oxygen atoms in total. The second-order valence-corrected chi connectivity index (χ2v) is 4.85. The van der Waals surface area contributed by atoms with Crippen LogP contribution in [0.1, 0.15) is 0 Å². The summed E-state index contributed by atoms with van der Waals surface area (Å²) in [6.45, 7) is 0. The van der Waals surface area contributed by atoms with E-state index >= 15 is 0 Å². The van der Waals surface area contributed by atoms with Gasteiger partial charge in [0.15, 0.2) is 6.26 Å². The number of rotatable bonds is 3. The molecule has 0 saturated heterocycles. The number of benzene rings is 1. The number of fused-ring (bicyclic) bond motifs is 1. The maximum absolute atomic E-state index is 13.2. The van der Waals surface area contributed by atoms with Crippen LogP contribution < -0.4 is 11.3 Å². The lowest BCUT2D eigenvalue weighted by molar-refractivity contribution is 0.425. The average molecular weight is 310 g/mol. The van der Waals surface area contributed by atoms with Crippen molar-refractivity contribution in [3.8, 4) is 17.1 Å². The van der Waals surface area contributed by atoms with Crippen molar-refractivity contribution in [2.45, 2.75) is 0 Å². The number of hydrogen-bond donors (Lipinski definition) is 2. The number of anilines is 1. The van der Waals surface area contributed by atoms with Crippen molar-refractivity contribution in [1.82, 2.24) is 19.7 Å². The topological polar surface area (TPSA) is 94.8 Å². The molecule has 114 valence electrons. The third kappa shape index (κ3) is 2.21. The molecule has 23 heavy (non-hydrogen) atoms. The highest BCUT2D eigenvalue weighted by Gasteiger charge is 2.17. The van der Waals surface area contributed by atoms with E-state index in [-0.39, 0.29) is 5.82 Å². The lowest BCUT2D eigenvalue weighted by atomic mass is 10.2. The smallest absolute Gasteiger partial charge is 0.208 e. The summed E-state index contributed by atoms with van der Waals surface area (Å²) in [4.78, 5) is 8.70. The fraction of sp³-hybridized carbons (Fsp3) is 0. The third-order valence-electron chi connectivity index (χ3n) is 3.44. The number of imidazole rings is 1. The molecule has 3 N–H and O–H groups in total. The summed E-state index contributed by atoms with van der Waals surface area (Å²) in [5, 5.41) is 3.98. The molecular weight excluding hydrogens is 299 g/mol. The molecule has 0 bridgehead atoms. The molecule has 1 aromatic carbocycles. The molecule has 4 rings (SSSR count). The summed E-state index contributed by atoms with van der Waals surface area (Å²) in [6.07, 6.45) is 3.11. The van der Waals surface area contributed by atoms with E-state index in [1.54, 1.807) is 29.0 Å². The van der Waals surface area contributed by atoms with E-state index in [4.69, 9.17) is 10.4 Å². The number of pyridine rings is 1. The van der Waals surface area contributed by atoms with E-state index in [0.29, 0.717) is 22.8 Å².